The lowest BCUT2D eigenvalue weighted by molar-refractivity contribution is 0.0846. The molecular weight excluding hydrogens is 368 g/mol. The maximum Gasteiger partial charge on any atom is 0.272 e. The zero-order valence-corrected chi connectivity index (χ0v) is 15.4. The van der Waals surface area contributed by atoms with Crippen molar-refractivity contribution in [2.75, 3.05) is 0 Å². The molecule has 6 heteroatoms. The fourth-order valence-corrected chi connectivity index (χ4v) is 2.83. The van der Waals surface area contributed by atoms with Crippen molar-refractivity contribution in [1.82, 2.24) is 10.9 Å². The smallest absolute Gasteiger partial charge is 0.272 e. The van der Waals surface area contributed by atoms with Crippen molar-refractivity contribution in [3.63, 3.8) is 0 Å². The number of fused-ring (bicyclic) bond motifs is 1. The average molecular weight is 386 g/mol. The maximum atomic E-state index is 12.2. The van der Waals surface area contributed by atoms with E-state index in [1.807, 2.05) is 48.5 Å². The van der Waals surface area contributed by atoms with Crippen LogP contribution in [-0.4, -0.2) is 11.8 Å². The normalized spacial score (nSPS) is 10.5. The zero-order chi connectivity index (χ0) is 20.1. The molecule has 0 bridgehead atoms. The number of hydrazine groups is 1. The molecule has 0 saturated carbocycles. The number of amides is 2. The second kappa shape index (κ2) is 8.31. The third-order valence-corrected chi connectivity index (χ3v) is 4.42. The first-order valence-corrected chi connectivity index (χ1v) is 9.02. The molecule has 1 heterocycles. The molecule has 0 unspecified atom stereocenters. The number of carbonyl (C=O) groups is 2. The van der Waals surface area contributed by atoms with Crippen molar-refractivity contribution in [3.05, 3.63) is 102 Å². The van der Waals surface area contributed by atoms with Crippen LogP contribution in [0.1, 0.15) is 26.3 Å². The van der Waals surface area contributed by atoms with Crippen LogP contribution < -0.4 is 15.6 Å². The standard InChI is InChI=1S/C23H18N2O4/c26-22(24-25-23(27)20-11-12-28-15-20)18-7-5-16(6-8-18)14-29-21-10-9-17-3-1-2-4-19(17)13-21/h1-13,15H,14H2,(H,24,26)(H,25,27). The summed E-state index contributed by atoms with van der Waals surface area (Å²) < 4.78 is 10.7. The number of nitrogens with one attached hydrogen (secondary N) is 2. The van der Waals surface area contributed by atoms with Gasteiger partial charge in [-0.25, -0.2) is 0 Å². The Labute approximate surface area is 167 Å². The van der Waals surface area contributed by atoms with Gasteiger partial charge in [0.05, 0.1) is 11.8 Å². The van der Waals surface area contributed by atoms with Crippen molar-refractivity contribution in [2.45, 2.75) is 6.61 Å². The summed E-state index contributed by atoms with van der Waals surface area (Å²) >= 11 is 0. The molecule has 2 N–H and O–H groups in total. The Balaban J connectivity index is 1.32. The SMILES string of the molecule is O=C(NNC(=O)c1ccoc1)c1ccc(COc2ccc3ccccc3c2)cc1. The summed E-state index contributed by atoms with van der Waals surface area (Å²) in [6, 6.07) is 22.5. The molecule has 2 amide bonds. The van der Waals surface area contributed by atoms with Gasteiger partial charge in [0, 0.05) is 5.56 Å². The Morgan fingerprint density at radius 2 is 1.52 bits per heavy atom. The van der Waals surface area contributed by atoms with Gasteiger partial charge in [0.15, 0.2) is 0 Å². The summed E-state index contributed by atoms with van der Waals surface area (Å²) in [4.78, 5) is 23.9. The molecule has 6 nitrogen and oxygen atoms in total. The van der Waals surface area contributed by atoms with E-state index < -0.39 is 11.8 Å². The van der Waals surface area contributed by atoms with Crippen LogP contribution in [0.2, 0.25) is 0 Å². The molecule has 4 rings (SSSR count). The minimum atomic E-state index is -0.451. The predicted octanol–water partition coefficient (Wildman–Crippen LogP) is 4.09. The van der Waals surface area contributed by atoms with Crippen LogP contribution in [0.15, 0.2) is 89.7 Å². The molecule has 0 spiro atoms. The highest BCUT2D eigenvalue weighted by atomic mass is 16.5. The lowest BCUT2D eigenvalue weighted by Gasteiger charge is -2.09. The van der Waals surface area contributed by atoms with E-state index in [0.29, 0.717) is 17.7 Å². The number of ether oxygens (including phenoxy) is 1. The van der Waals surface area contributed by atoms with Gasteiger partial charge in [-0.3, -0.25) is 20.4 Å². The number of benzene rings is 3. The Hall–Kier alpha value is -4.06. The zero-order valence-electron chi connectivity index (χ0n) is 15.4. The third-order valence-electron chi connectivity index (χ3n) is 4.42. The first kappa shape index (κ1) is 18.3. The van der Waals surface area contributed by atoms with Gasteiger partial charge in [-0.1, -0.05) is 42.5 Å². The highest BCUT2D eigenvalue weighted by molar-refractivity contribution is 5.98. The Bertz CT molecular complexity index is 1140. The Morgan fingerprint density at radius 3 is 2.24 bits per heavy atom. The first-order valence-electron chi connectivity index (χ1n) is 9.02. The lowest BCUT2D eigenvalue weighted by Crippen LogP contribution is -2.41. The van der Waals surface area contributed by atoms with E-state index in [1.54, 1.807) is 12.1 Å². The van der Waals surface area contributed by atoms with Crippen LogP contribution in [0.5, 0.6) is 5.75 Å². The predicted molar refractivity (Wildman–Crippen MR) is 108 cm³/mol. The maximum absolute atomic E-state index is 12.2. The van der Waals surface area contributed by atoms with Gasteiger partial charge in [0.2, 0.25) is 0 Å². The summed E-state index contributed by atoms with van der Waals surface area (Å²) in [5.41, 5.74) is 6.38. The molecule has 29 heavy (non-hydrogen) atoms. The monoisotopic (exact) mass is 386 g/mol. The van der Waals surface area contributed by atoms with Crippen molar-refractivity contribution < 1.29 is 18.7 Å². The quantitative estimate of drug-likeness (QED) is 0.506. The van der Waals surface area contributed by atoms with Gasteiger partial charge < -0.3 is 9.15 Å². The molecule has 4 aromatic rings. The fourth-order valence-electron chi connectivity index (χ4n) is 2.83. The van der Waals surface area contributed by atoms with Crippen molar-refractivity contribution in [1.29, 1.82) is 0 Å². The Kier molecular flexibility index (Phi) is 5.25. The van der Waals surface area contributed by atoms with Gasteiger partial charge in [0.1, 0.15) is 18.6 Å². The van der Waals surface area contributed by atoms with Crippen LogP contribution in [0, 0.1) is 0 Å². The second-order valence-electron chi connectivity index (χ2n) is 6.41. The average Bonchev–Trinajstić information content (AvgIpc) is 3.31. The Morgan fingerprint density at radius 1 is 0.793 bits per heavy atom. The number of carbonyl (C=O) groups excluding carboxylic acids is 2. The summed E-state index contributed by atoms with van der Waals surface area (Å²) in [5, 5.41) is 2.28. The van der Waals surface area contributed by atoms with Crippen LogP contribution in [0.25, 0.3) is 10.8 Å². The number of furan rings is 1. The molecule has 0 aliphatic rings. The molecular formula is C23H18N2O4. The molecule has 3 aromatic carbocycles. The van der Waals surface area contributed by atoms with Crippen LogP contribution in [0.4, 0.5) is 0 Å². The van der Waals surface area contributed by atoms with Crippen LogP contribution >= 0.6 is 0 Å². The van der Waals surface area contributed by atoms with E-state index in [4.69, 9.17) is 9.15 Å². The molecule has 0 radical (unpaired) electrons. The van der Waals surface area contributed by atoms with Crippen molar-refractivity contribution in [3.8, 4) is 5.75 Å². The fraction of sp³-hybridized carbons (Fsp3) is 0.0435. The lowest BCUT2D eigenvalue weighted by atomic mass is 10.1. The molecule has 0 aliphatic carbocycles. The highest BCUT2D eigenvalue weighted by Gasteiger charge is 2.10. The van der Waals surface area contributed by atoms with E-state index in [0.717, 1.165) is 22.1 Å². The minimum Gasteiger partial charge on any atom is -0.489 e. The topological polar surface area (TPSA) is 80.6 Å². The van der Waals surface area contributed by atoms with Gasteiger partial charge in [-0.05, 0) is 46.7 Å². The van der Waals surface area contributed by atoms with Gasteiger partial charge in [0.25, 0.3) is 11.8 Å². The van der Waals surface area contributed by atoms with E-state index in [-0.39, 0.29) is 0 Å². The van der Waals surface area contributed by atoms with E-state index in [1.165, 1.54) is 18.6 Å². The van der Waals surface area contributed by atoms with E-state index >= 15 is 0 Å². The van der Waals surface area contributed by atoms with Gasteiger partial charge in [-0.2, -0.15) is 0 Å². The largest absolute Gasteiger partial charge is 0.489 e. The highest BCUT2D eigenvalue weighted by Crippen LogP contribution is 2.21. The van der Waals surface area contributed by atoms with Crippen LogP contribution in [-0.2, 0) is 6.61 Å². The number of hydrogen-bond donors (Lipinski definition) is 2. The van der Waals surface area contributed by atoms with Gasteiger partial charge >= 0.3 is 0 Å². The third kappa shape index (κ3) is 4.44. The summed E-state index contributed by atoms with van der Waals surface area (Å²) in [7, 11) is 0. The summed E-state index contributed by atoms with van der Waals surface area (Å²) in [6.07, 6.45) is 2.68. The summed E-state index contributed by atoms with van der Waals surface area (Å²) in [6.45, 7) is 0.386. The van der Waals surface area contributed by atoms with Crippen molar-refractivity contribution >= 4 is 22.6 Å². The molecule has 0 saturated heterocycles. The van der Waals surface area contributed by atoms with Gasteiger partial charge in [-0.15, -0.1) is 0 Å². The first-order chi connectivity index (χ1) is 14.2. The summed E-state index contributed by atoms with van der Waals surface area (Å²) in [5.74, 6) is -0.0798. The number of rotatable bonds is 5. The van der Waals surface area contributed by atoms with Crippen LogP contribution in [0.3, 0.4) is 0 Å². The second-order valence-corrected chi connectivity index (χ2v) is 6.41. The van der Waals surface area contributed by atoms with E-state index in [2.05, 4.69) is 16.9 Å². The molecule has 0 atom stereocenters. The number of hydrogen-bond acceptors (Lipinski definition) is 4. The molecule has 0 aliphatic heterocycles. The molecule has 0 fully saturated rings. The van der Waals surface area contributed by atoms with E-state index in [9.17, 15) is 9.59 Å². The minimum absolute atomic E-state index is 0.325. The van der Waals surface area contributed by atoms with Crippen molar-refractivity contribution in [2.24, 2.45) is 0 Å². The molecule has 144 valence electrons. The molecule has 1 aromatic heterocycles.